The summed E-state index contributed by atoms with van der Waals surface area (Å²) in [5, 5.41) is 0. The average Bonchev–Trinajstić information content (AvgIpc) is 2.74. The van der Waals surface area contributed by atoms with Gasteiger partial charge in [0.25, 0.3) is 0 Å². The molecule has 1 heterocycles. The maximum Gasteiger partial charge on any atom is 0.243 e. The summed E-state index contributed by atoms with van der Waals surface area (Å²) < 4.78 is 33.2. The van der Waals surface area contributed by atoms with Crippen molar-refractivity contribution >= 4 is 15.9 Å². The van der Waals surface area contributed by atoms with Crippen LogP contribution in [0.4, 0.5) is 0 Å². The number of hydrogen-bond donors (Lipinski definition) is 0. The molecule has 6 nitrogen and oxygen atoms in total. The summed E-state index contributed by atoms with van der Waals surface area (Å²) in [6.45, 7) is 9.86. The summed E-state index contributed by atoms with van der Waals surface area (Å²) in [4.78, 5) is 14.6. The van der Waals surface area contributed by atoms with E-state index in [1.165, 1.54) is 4.31 Å². The highest BCUT2D eigenvalue weighted by molar-refractivity contribution is 7.89. The number of sulfonamides is 1. The Balaban J connectivity index is 1.47. The second-order valence-electron chi connectivity index (χ2n) is 8.20. The maximum atomic E-state index is 12.9. The van der Waals surface area contributed by atoms with Crippen molar-refractivity contribution in [3.63, 3.8) is 0 Å². The molecule has 1 amide bonds. The van der Waals surface area contributed by atoms with Crippen molar-refractivity contribution in [2.75, 3.05) is 32.8 Å². The zero-order chi connectivity index (χ0) is 22.6. The van der Waals surface area contributed by atoms with Gasteiger partial charge in [-0.15, -0.1) is 0 Å². The third kappa shape index (κ3) is 5.46. The molecule has 0 atom stereocenters. The average molecular weight is 445 g/mol. The topological polar surface area (TPSA) is 66.9 Å². The number of nitrogens with zero attached hydrogens (tertiary/aromatic N) is 2. The van der Waals surface area contributed by atoms with E-state index in [0.717, 1.165) is 28.0 Å². The molecule has 0 spiro atoms. The Kier molecular flexibility index (Phi) is 7.38. The number of amides is 1. The smallest absolute Gasteiger partial charge is 0.243 e. The fourth-order valence-electron chi connectivity index (χ4n) is 3.78. The predicted molar refractivity (Wildman–Crippen MR) is 122 cm³/mol. The summed E-state index contributed by atoms with van der Waals surface area (Å²) in [5.74, 6) is 0.938. The third-order valence-electron chi connectivity index (χ3n) is 5.90. The SMILES string of the molecule is Cc1ccc(S(=O)(=O)N2CCN(C(=O)CCCOc3c(C)cccc3C)CC2)cc1C. The number of hydrogen-bond acceptors (Lipinski definition) is 4. The van der Waals surface area contributed by atoms with E-state index in [4.69, 9.17) is 4.74 Å². The van der Waals surface area contributed by atoms with Crippen LogP contribution >= 0.6 is 0 Å². The Hall–Kier alpha value is -2.38. The maximum absolute atomic E-state index is 12.9. The van der Waals surface area contributed by atoms with Gasteiger partial charge in [-0.05, 0) is 68.5 Å². The molecule has 0 saturated carbocycles. The van der Waals surface area contributed by atoms with Gasteiger partial charge in [0, 0.05) is 32.6 Å². The monoisotopic (exact) mass is 444 g/mol. The predicted octanol–water partition coefficient (Wildman–Crippen LogP) is 3.61. The minimum atomic E-state index is -3.53. The Morgan fingerprint density at radius 3 is 2.16 bits per heavy atom. The molecule has 7 heteroatoms. The minimum absolute atomic E-state index is 0.0494. The molecule has 1 fully saturated rings. The molecular weight excluding hydrogens is 412 g/mol. The molecule has 3 rings (SSSR count). The number of rotatable bonds is 7. The molecule has 0 unspecified atom stereocenters. The van der Waals surface area contributed by atoms with E-state index in [1.54, 1.807) is 17.0 Å². The van der Waals surface area contributed by atoms with Crippen LogP contribution in [0, 0.1) is 27.7 Å². The van der Waals surface area contributed by atoms with Gasteiger partial charge in [-0.3, -0.25) is 4.79 Å². The number of benzene rings is 2. The molecule has 1 aliphatic heterocycles. The van der Waals surface area contributed by atoms with Crippen molar-refractivity contribution in [3.05, 3.63) is 58.7 Å². The first-order valence-electron chi connectivity index (χ1n) is 10.7. The van der Waals surface area contributed by atoms with Gasteiger partial charge < -0.3 is 9.64 Å². The molecule has 1 saturated heterocycles. The normalized spacial score (nSPS) is 15.2. The molecule has 0 radical (unpaired) electrons. The molecule has 168 valence electrons. The number of aryl methyl sites for hydroxylation is 4. The van der Waals surface area contributed by atoms with E-state index in [1.807, 2.05) is 52.0 Å². The summed E-state index contributed by atoms with van der Waals surface area (Å²) in [6.07, 6.45) is 1.03. The summed E-state index contributed by atoms with van der Waals surface area (Å²) in [6, 6.07) is 11.2. The minimum Gasteiger partial charge on any atom is -0.493 e. The van der Waals surface area contributed by atoms with Gasteiger partial charge in [0.15, 0.2) is 0 Å². The lowest BCUT2D eigenvalue weighted by Crippen LogP contribution is -2.50. The van der Waals surface area contributed by atoms with Gasteiger partial charge in [0.1, 0.15) is 5.75 Å². The van der Waals surface area contributed by atoms with Gasteiger partial charge in [0.05, 0.1) is 11.5 Å². The van der Waals surface area contributed by atoms with Crippen molar-refractivity contribution in [3.8, 4) is 5.75 Å². The molecule has 0 bridgehead atoms. The lowest BCUT2D eigenvalue weighted by molar-refractivity contribution is -0.132. The van der Waals surface area contributed by atoms with Gasteiger partial charge in [-0.1, -0.05) is 24.3 Å². The summed E-state index contributed by atoms with van der Waals surface area (Å²) >= 11 is 0. The molecule has 2 aromatic carbocycles. The van der Waals surface area contributed by atoms with Crippen molar-refractivity contribution in [1.82, 2.24) is 9.21 Å². The van der Waals surface area contributed by atoms with Gasteiger partial charge >= 0.3 is 0 Å². The first-order valence-corrected chi connectivity index (χ1v) is 12.2. The fraction of sp³-hybridized carbons (Fsp3) is 0.458. The molecule has 2 aromatic rings. The highest BCUT2D eigenvalue weighted by Gasteiger charge is 2.30. The lowest BCUT2D eigenvalue weighted by atomic mass is 10.1. The third-order valence-corrected chi connectivity index (χ3v) is 7.79. The molecule has 0 aliphatic carbocycles. The Morgan fingerprint density at radius 2 is 1.55 bits per heavy atom. The van der Waals surface area contributed by atoms with Crippen molar-refractivity contribution < 1.29 is 17.9 Å². The largest absolute Gasteiger partial charge is 0.493 e. The van der Waals surface area contributed by atoms with Crippen LogP contribution in [0.25, 0.3) is 0 Å². The van der Waals surface area contributed by atoms with E-state index in [2.05, 4.69) is 0 Å². The molecule has 1 aliphatic rings. The summed E-state index contributed by atoms with van der Waals surface area (Å²) in [5.41, 5.74) is 4.20. The van der Waals surface area contributed by atoms with Crippen LogP contribution < -0.4 is 4.74 Å². The Morgan fingerprint density at radius 1 is 0.903 bits per heavy atom. The number of piperazine rings is 1. The molecular formula is C24H32N2O4S. The van der Waals surface area contributed by atoms with E-state index < -0.39 is 10.0 Å². The number of carbonyl (C=O) groups excluding carboxylic acids is 1. The number of carbonyl (C=O) groups is 1. The van der Waals surface area contributed by atoms with Gasteiger partial charge in [-0.25, -0.2) is 8.42 Å². The molecule has 0 aromatic heterocycles. The van der Waals surface area contributed by atoms with Crippen LogP contribution in [0.15, 0.2) is 41.3 Å². The standard InChI is InChI=1S/C24H32N2O4S/c1-18-10-11-22(17-21(18)4)31(28,29)26-14-12-25(13-15-26)23(27)9-6-16-30-24-19(2)7-5-8-20(24)3/h5,7-8,10-11,17H,6,9,12-16H2,1-4H3. The van der Waals surface area contributed by atoms with E-state index in [-0.39, 0.29) is 5.91 Å². The summed E-state index contributed by atoms with van der Waals surface area (Å²) in [7, 11) is -3.53. The van der Waals surface area contributed by atoms with Crippen LogP contribution in [-0.2, 0) is 14.8 Å². The van der Waals surface area contributed by atoms with Crippen LogP contribution in [0.1, 0.15) is 35.1 Å². The zero-order valence-electron chi connectivity index (χ0n) is 18.8. The first-order chi connectivity index (χ1) is 14.7. The molecule has 0 N–H and O–H groups in total. The van der Waals surface area contributed by atoms with E-state index in [0.29, 0.717) is 50.5 Å². The number of ether oxygens (including phenoxy) is 1. The quantitative estimate of drug-likeness (QED) is 0.612. The lowest BCUT2D eigenvalue weighted by Gasteiger charge is -2.34. The van der Waals surface area contributed by atoms with Crippen molar-refractivity contribution in [2.45, 2.75) is 45.4 Å². The van der Waals surface area contributed by atoms with Crippen molar-refractivity contribution in [1.29, 1.82) is 0 Å². The number of para-hydroxylation sites is 1. The van der Waals surface area contributed by atoms with E-state index in [9.17, 15) is 13.2 Å². The van der Waals surface area contributed by atoms with E-state index >= 15 is 0 Å². The highest BCUT2D eigenvalue weighted by Crippen LogP contribution is 2.23. The van der Waals surface area contributed by atoms with Crippen LogP contribution in [0.5, 0.6) is 5.75 Å². The van der Waals surface area contributed by atoms with Crippen LogP contribution in [-0.4, -0.2) is 56.3 Å². The van der Waals surface area contributed by atoms with Crippen LogP contribution in [0.2, 0.25) is 0 Å². The highest BCUT2D eigenvalue weighted by atomic mass is 32.2. The molecule has 31 heavy (non-hydrogen) atoms. The Labute approximate surface area is 185 Å². The Bertz CT molecular complexity index is 1020. The first kappa shape index (κ1) is 23.3. The van der Waals surface area contributed by atoms with Gasteiger partial charge in [0.2, 0.25) is 15.9 Å². The zero-order valence-corrected chi connectivity index (χ0v) is 19.7. The second-order valence-corrected chi connectivity index (χ2v) is 10.1. The fourth-order valence-corrected chi connectivity index (χ4v) is 5.29. The van der Waals surface area contributed by atoms with Crippen LogP contribution in [0.3, 0.4) is 0 Å². The van der Waals surface area contributed by atoms with Gasteiger partial charge in [-0.2, -0.15) is 4.31 Å². The second kappa shape index (κ2) is 9.83. The van der Waals surface area contributed by atoms with Crippen molar-refractivity contribution in [2.24, 2.45) is 0 Å².